The van der Waals surface area contributed by atoms with E-state index in [1.807, 2.05) is 0 Å². The van der Waals surface area contributed by atoms with Gasteiger partial charge in [-0.15, -0.1) is 0 Å². The molecule has 4 aromatic rings. The molecule has 0 aliphatic carbocycles. The molecule has 1 unspecified atom stereocenters. The Morgan fingerprint density at radius 1 is 0.897 bits per heavy atom. The Labute approximate surface area is 163 Å². The van der Waals surface area contributed by atoms with Gasteiger partial charge in [0, 0.05) is 11.8 Å². The maximum Gasteiger partial charge on any atom is 0.421 e. The molecule has 3 aromatic carbocycles. The SMILES string of the molecule is OC(Cc1ccccc1)(c1ccc2c(cnn2-c2ccc(F)cc2)c1)C(F)(F)F. The molecule has 0 saturated heterocycles. The predicted molar refractivity (Wildman–Crippen MR) is 101 cm³/mol. The molecule has 1 aromatic heterocycles. The van der Waals surface area contributed by atoms with Crippen LogP contribution >= 0.6 is 0 Å². The summed E-state index contributed by atoms with van der Waals surface area (Å²) in [6.07, 6.45) is -4.06. The first-order valence-electron chi connectivity index (χ1n) is 8.85. The molecule has 0 aliphatic heterocycles. The molecule has 4 rings (SSSR count). The second kappa shape index (κ2) is 7.00. The Morgan fingerprint density at radius 2 is 1.59 bits per heavy atom. The number of hydrogen-bond donors (Lipinski definition) is 1. The van der Waals surface area contributed by atoms with Crippen LogP contribution in [-0.2, 0) is 12.0 Å². The van der Waals surface area contributed by atoms with Gasteiger partial charge in [-0.2, -0.15) is 18.3 Å². The maximum absolute atomic E-state index is 13.9. The van der Waals surface area contributed by atoms with Crippen LogP contribution in [0.4, 0.5) is 17.6 Å². The van der Waals surface area contributed by atoms with E-state index < -0.39 is 24.0 Å². The molecular formula is C22H16F4N2O. The van der Waals surface area contributed by atoms with Gasteiger partial charge in [-0.1, -0.05) is 36.4 Å². The standard InChI is InChI=1S/C22H16F4N2O/c23-18-7-9-19(10-8-18)28-20-11-6-17(12-16(20)14-27-28)21(29,22(24,25)26)13-15-4-2-1-3-5-15/h1-12,14,29H,13H2. The number of hydrogen-bond acceptors (Lipinski definition) is 2. The van der Waals surface area contributed by atoms with Crippen LogP contribution in [0.1, 0.15) is 11.1 Å². The average molecular weight is 400 g/mol. The van der Waals surface area contributed by atoms with Gasteiger partial charge in [0.1, 0.15) is 5.82 Å². The van der Waals surface area contributed by atoms with Crippen molar-refractivity contribution in [3.05, 3.63) is 95.9 Å². The van der Waals surface area contributed by atoms with E-state index in [1.165, 1.54) is 53.3 Å². The maximum atomic E-state index is 13.9. The van der Waals surface area contributed by atoms with Crippen LogP contribution in [-0.4, -0.2) is 21.1 Å². The molecule has 148 valence electrons. The molecule has 0 spiro atoms. The molecule has 0 bridgehead atoms. The summed E-state index contributed by atoms with van der Waals surface area (Å²) in [5, 5.41) is 15.3. The fourth-order valence-corrected chi connectivity index (χ4v) is 3.34. The Morgan fingerprint density at radius 3 is 2.24 bits per heavy atom. The summed E-state index contributed by atoms with van der Waals surface area (Å²) in [5.74, 6) is -0.399. The van der Waals surface area contributed by atoms with Gasteiger partial charge >= 0.3 is 6.18 Å². The van der Waals surface area contributed by atoms with Crippen molar-refractivity contribution in [1.82, 2.24) is 9.78 Å². The summed E-state index contributed by atoms with van der Waals surface area (Å²) in [4.78, 5) is 0. The van der Waals surface area contributed by atoms with Crippen LogP contribution in [0.15, 0.2) is 79.0 Å². The fraction of sp³-hybridized carbons (Fsp3) is 0.136. The number of aliphatic hydroxyl groups is 1. The van der Waals surface area contributed by atoms with E-state index in [2.05, 4.69) is 5.10 Å². The minimum absolute atomic E-state index is 0.264. The van der Waals surface area contributed by atoms with Gasteiger partial charge in [0.25, 0.3) is 0 Å². The summed E-state index contributed by atoms with van der Waals surface area (Å²) in [6.45, 7) is 0. The zero-order valence-corrected chi connectivity index (χ0v) is 15.1. The highest BCUT2D eigenvalue weighted by molar-refractivity contribution is 5.81. The van der Waals surface area contributed by atoms with Crippen molar-refractivity contribution in [1.29, 1.82) is 0 Å². The molecule has 1 atom stereocenters. The van der Waals surface area contributed by atoms with Gasteiger partial charge in [-0.05, 0) is 47.5 Å². The Kier molecular flexibility index (Phi) is 4.62. The summed E-state index contributed by atoms with van der Waals surface area (Å²) >= 11 is 0. The van der Waals surface area contributed by atoms with Gasteiger partial charge in [-0.3, -0.25) is 0 Å². The van der Waals surface area contributed by atoms with Gasteiger partial charge in [0.05, 0.1) is 17.4 Å². The number of rotatable bonds is 4. The zero-order chi connectivity index (χ0) is 20.6. The van der Waals surface area contributed by atoms with E-state index in [0.29, 0.717) is 22.2 Å². The molecule has 3 nitrogen and oxygen atoms in total. The topological polar surface area (TPSA) is 38.1 Å². The molecule has 1 heterocycles. The zero-order valence-electron chi connectivity index (χ0n) is 15.1. The van der Waals surface area contributed by atoms with E-state index in [9.17, 15) is 22.7 Å². The highest BCUT2D eigenvalue weighted by atomic mass is 19.4. The minimum Gasteiger partial charge on any atom is -0.376 e. The van der Waals surface area contributed by atoms with E-state index >= 15 is 0 Å². The number of halogens is 4. The van der Waals surface area contributed by atoms with E-state index in [4.69, 9.17) is 0 Å². The van der Waals surface area contributed by atoms with Crippen molar-refractivity contribution in [2.45, 2.75) is 18.2 Å². The predicted octanol–water partition coefficient (Wildman–Crippen LogP) is 5.16. The van der Waals surface area contributed by atoms with Crippen molar-refractivity contribution in [2.24, 2.45) is 0 Å². The van der Waals surface area contributed by atoms with E-state index in [-0.39, 0.29) is 5.56 Å². The molecule has 0 saturated carbocycles. The average Bonchev–Trinajstić information content (AvgIpc) is 3.12. The Balaban J connectivity index is 1.78. The summed E-state index contributed by atoms with van der Waals surface area (Å²) in [5.41, 5.74) is -1.82. The lowest BCUT2D eigenvalue weighted by Crippen LogP contribution is -2.44. The minimum atomic E-state index is -4.87. The number of nitrogens with zero attached hydrogens (tertiary/aromatic N) is 2. The first-order chi connectivity index (χ1) is 13.8. The van der Waals surface area contributed by atoms with Crippen LogP contribution < -0.4 is 0 Å². The monoisotopic (exact) mass is 400 g/mol. The highest BCUT2D eigenvalue weighted by Crippen LogP contribution is 2.42. The quantitative estimate of drug-likeness (QED) is 0.481. The van der Waals surface area contributed by atoms with E-state index in [1.54, 1.807) is 30.3 Å². The smallest absolute Gasteiger partial charge is 0.376 e. The molecule has 0 aliphatic rings. The van der Waals surface area contributed by atoms with Crippen molar-refractivity contribution >= 4 is 10.9 Å². The van der Waals surface area contributed by atoms with Crippen molar-refractivity contribution in [3.63, 3.8) is 0 Å². The van der Waals surface area contributed by atoms with Crippen LogP contribution in [0.5, 0.6) is 0 Å². The number of aromatic nitrogens is 2. The summed E-state index contributed by atoms with van der Waals surface area (Å²) < 4.78 is 56.3. The molecule has 0 radical (unpaired) electrons. The molecule has 29 heavy (non-hydrogen) atoms. The lowest BCUT2D eigenvalue weighted by atomic mass is 9.86. The van der Waals surface area contributed by atoms with Crippen LogP contribution in [0, 0.1) is 5.82 Å². The lowest BCUT2D eigenvalue weighted by Gasteiger charge is -2.31. The van der Waals surface area contributed by atoms with Gasteiger partial charge in [-0.25, -0.2) is 9.07 Å². The normalized spacial score (nSPS) is 14.1. The number of fused-ring (bicyclic) bond motifs is 1. The van der Waals surface area contributed by atoms with Crippen LogP contribution in [0.25, 0.3) is 16.6 Å². The fourth-order valence-electron chi connectivity index (χ4n) is 3.34. The second-order valence-electron chi connectivity index (χ2n) is 6.83. The molecule has 0 amide bonds. The van der Waals surface area contributed by atoms with Gasteiger partial charge < -0.3 is 5.11 Å². The van der Waals surface area contributed by atoms with Gasteiger partial charge in [0.2, 0.25) is 0 Å². The molecule has 0 fully saturated rings. The number of benzene rings is 3. The number of alkyl halides is 3. The Bertz CT molecular complexity index is 1140. The highest BCUT2D eigenvalue weighted by Gasteiger charge is 2.54. The third kappa shape index (κ3) is 3.49. The third-order valence-corrected chi connectivity index (χ3v) is 4.89. The van der Waals surface area contributed by atoms with Crippen LogP contribution in [0.3, 0.4) is 0 Å². The first-order valence-corrected chi connectivity index (χ1v) is 8.85. The molecule has 7 heteroatoms. The van der Waals surface area contributed by atoms with Crippen molar-refractivity contribution < 1.29 is 22.7 Å². The Hall–Kier alpha value is -3.19. The van der Waals surface area contributed by atoms with Crippen molar-refractivity contribution in [3.8, 4) is 5.69 Å². The first kappa shape index (κ1) is 19.1. The summed E-state index contributed by atoms with van der Waals surface area (Å²) in [6, 6.07) is 17.7. The largest absolute Gasteiger partial charge is 0.421 e. The third-order valence-electron chi connectivity index (χ3n) is 4.89. The van der Waals surface area contributed by atoms with Crippen molar-refractivity contribution in [2.75, 3.05) is 0 Å². The lowest BCUT2D eigenvalue weighted by molar-refractivity contribution is -0.266. The van der Waals surface area contributed by atoms with Crippen LogP contribution in [0.2, 0.25) is 0 Å². The molecule has 1 N–H and O–H groups in total. The molecular weight excluding hydrogens is 384 g/mol. The summed E-state index contributed by atoms with van der Waals surface area (Å²) in [7, 11) is 0. The van der Waals surface area contributed by atoms with E-state index in [0.717, 1.165) is 0 Å². The van der Waals surface area contributed by atoms with Gasteiger partial charge in [0.15, 0.2) is 5.60 Å². The second-order valence-corrected chi connectivity index (χ2v) is 6.83.